The summed E-state index contributed by atoms with van der Waals surface area (Å²) in [5.41, 5.74) is 1.72. The van der Waals surface area contributed by atoms with Crippen molar-refractivity contribution in [2.24, 2.45) is 0 Å². The second-order valence-corrected chi connectivity index (χ2v) is 4.84. The van der Waals surface area contributed by atoms with Gasteiger partial charge >= 0.3 is 5.97 Å². The predicted octanol–water partition coefficient (Wildman–Crippen LogP) is 2.46. The maximum absolute atomic E-state index is 11.4. The van der Waals surface area contributed by atoms with Crippen LogP contribution in [0.3, 0.4) is 0 Å². The highest BCUT2D eigenvalue weighted by atomic mass is 16.4. The molecular formula is C15H20N2O3. The van der Waals surface area contributed by atoms with Crippen LogP contribution in [0.2, 0.25) is 0 Å². The summed E-state index contributed by atoms with van der Waals surface area (Å²) in [5.74, 6) is -0.00361. The number of unbranched alkanes of at least 4 members (excludes halogenated alkanes) is 1. The highest BCUT2D eigenvalue weighted by Gasteiger charge is 2.16. The standard InChI is InChI=1S/C15H20N2O3/c1-2-6-13-16-12-8-5-7-11(15(19)20)14(12)17(13)9-3-4-10-18/h5,7-8,18H,2-4,6,9-10H2,1H3,(H,19,20). The zero-order chi connectivity index (χ0) is 14.5. The topological polar surface area (TPSA) is 75.3 Å². The van der Waals surface area contributed by atoms with Crippen LogP contribution in [0, 0.1) is 0 Å². The Morgan fingerprint density at radius 1 is 1.35 bits per heavy atom. The maximum atomic E-state index is 11.4. The zero-order valence-electron chi connectivity index (χ0n) is 11.7. The van der Waals surface area contributed by atoms with Gasteiger partial charge in [-0.3, -0.25) is 0 Å². The van der Waals surface area contributed by atoms with Crippen molar-refractivity contribution in [3.63, 3.8) is 0 Å². The number of aromatic carboxylic acids is 1. The van der Waals surface area contributed by atoms with Crippen LogP contribution in [0.5, 0.6) is 0 Å². The summed E-state index contributed by atoms with van der Waals surface area (Å²) in [7, 11) is 0. The molecule has 0 saturated carbocycles. The van der Waals surface area contributed by atoms with E-state index in [1.54, 1.807) is 12.1 Å². The van der Waals surface area contributed by atoms with Crippen LogP contribution < -0.4 is 0 Å². The van der Waals surface area contributed by atoms with E-state index in [1.165, 1.54) is 0 Å². The van der Waals surface area contributed by atoms with E-state index in [0.717, 1.165) is 30.6 Å². The lowest BCUT2D eigenvalue weighted by atomic mass is 10.2. The van der Waals surface area contributed by atoms with E-state index in [2.05, 4.69) is 11.9 Å². The van der Waals surface area contributed by atoms with E-state index in [1.807, 2.05) is 10.6 Å². The van der Waals surface area contributed by atoms with Gasteiger partial charge in [-0.05, 0) is 31.4 Å². The molecule has 0 unspecified atom stereocenters. The number of carboxylic acids is 1. The number of nitrogens with zero attached hydrogens (tertiary/aromatic N) is 2. The minimum atomic E-state index is -0.929. The first-order valence-corrected chi connectivity index (χ1v) is 7.01. The number of carboxylic acid groups (broad SMARTS) is 1. The Morgan fingerprint density at radius 2 is 2.15 bits per heavy atom. The Balaban J connectivity index is 2.52. The lowest BCUT2D eigenvalue weighted by Gasteiger charge is -2.09. The normalized spacial score (nSPS) is 11.1. The molecule has 1 aromatic carbocycles. The third-order valence-electron chi connectivity index (χ3n) is 3.34. The zero-order valence-corrected chi connectivity index (χ0v) is 11.7. The second-order valence-electron chi connectivity index (χ2n) is 4.84. The SMILES string of the molecule is CCCc1nc2cccc(C(=O)O)c2n1CCCCO. The quantitative estimate of drug-likeness (QED) is 0.762. The molecule has 0 saturated heterocycles. The molecule has 0 aliphatic rings. The lowest BCUT2D eigenvalue weighted by Crippen LogP contribution is -2.08. The molecule has 0 amide bonds. The van der Waals surface area contributed by atoms with Crippen LogP contribution in [-0.4, -0.2) is 32.3 Å². The van der Waals surface area contributed by atoms with Gasteiger partial charge in [0.2, 0.25) is 0 Å². The molecule has 2 rings (SSSR count). The Hall–Kier alpha value is -1.88. The molecule has 1 aromatic heterocycles. The summed E-state index contributed by atoms with van der Waals surface area (Å²) in [4.78, 5) is 15.9. The van der Waals surface area contributed by atoms with Crippen molar-refractivity contribution in [1.82, 2.24) is 9.55 Å². The average molecular weight is 276 g/mol. The van der Waals surface area contributed by atoms with Gasteiger partial charge in [-0.15, -0.1) is 0 Å². The third kappa shape index (κ3) is 2.82. The number of benzene rings is 1. The van der Waals surface area contributed by atoms with Crippen LogP contribution >= 0.6 is 0 Å². The van der Waals surface area contributed by atoms with E-state index in [4.69, 9.17) is 5.11 Å². The number of hydrogen-bond donors (Lipinski definition) is 2. The fraction of sp³-hybridized carbons (Fsp3) is 0.467. The fourth-order valence-corrected chi connectivity index (χ4v) is 2.44. The first kappa shape index (κ1) is 14.5. The predicted molar refractivity (Wildman–Crippen MR) is 77.0 cm³/mol. The molecule has 5 heteroatoms. The van der Waals surface area contributed by atoms with Crippen molar-refractivity contribution in [1.29, 1.82) is 0 Å². The van der Waals surface area contributed by atoms with E-state index >= 15 is 0 Å². The number of fused-ring (bicyclic) bond motifs is 1. The molecule has 2 N–H and O–H groups in total. The highest BCUT2D eigenvalue weighted by molar-refractivity contribution is 6.01. The van der Waals surface area contributed by atoms with Gasteiger partial charge in [0.25, 0.3) is 0 Å². The number of para-hydroxylation sites is 1. The summed E-state index contributed by atoms with van der Waals surface area (Å²) in [6, 6.07) is 5.20. The Kier molecular flexibility index (Phi) is 4.74. The third-order valence-corrected chi connectivity index (χ3v) is 3.34. The largest absolute Gasteiger partial charge is 0.478 e. The first-order chi connectivity index (χ1) is 9.69. The number of aliphatic hydroxyl groups excluding tert-OH is 1. The van der Waals surface area contributed by atoms with Crippen LogP contribution in [0.15, 0.2) is 18.2 Å². The van der Waals surface area contributed by atoms with Crippen molar-refractivity contribution in [2.45, 2.75) is 39.2 Å². The smallest absolute Gasteiger partial charge is 0.337 e. The summed E-state index contributed by atoms with van der Waals surface area (Å²) in [6.45, 7) is 2.92. The molecule has 20 heavy (non-hydrogen) atoms. The van der Waals surface area contributed by atoms with Crippen molar-refractivity contribution >= 4 is 17.0 Å². The number of aryl methyl sites for hydroxylation is 2. The first-order valence-electron chi connectivity index (χ1n) is 7.01. The molecule has 1 heterocycles. The Labute approximate surface area is 117 Å². The Morgan fingerprint density at radius 3 is 2.80 bits per heavy atom. The van der Waals surface area contributed by atoms with Gasteiger partial charge in [0, 0.05) is 19.6 Å². The number of hydrogen-bond acceptors (Lipinski definition) is 3. The van der Waals surface area contributed by atoms with E-state index in [9.17, 15) is 9.90 Å². The minimum absolute atomic E-state index is 0.154. The van der Waals surface area contributed by atoms with Gasteiger partial charge in [0.1, 0.15) is 5.82 Å². The maximum Gasteiger partial charge on any atom is 0.337 e. The molecule has 0 aliphatic heterocycles. The average Bonchev–Trinajstić information content (AvgIpc) is 2.77. The molecular weight excluding hydrogens is 256 g/mol. The number of rotatable bonds is 7. The van der Waals surface area contributed by atoms with Crippen molar-refractivity contribution < 1.29 is 15.0 Å². The molecule has 0 atom stereocenters. The monoisotopic (exact) mass is 276 g/mol. The van der Waals surface area contributed by atoms with Gasteiger partial charge in [-0.1, -0.05) is 13.0 Å². The number of carbonyl (C=O) groups is 1. The van der Waals surface area contributed by atoms with Gasteiger partial charge in [-0.2, -0.15) is 0 Å². The van der Waals surface area contributed by atoms with E-state index in [0.29, 0.717) is 24.0 Å². The van der Waals surface area contributed by atoms with Gasteiger partial charge < -0.3 is 14.8 Å². The number of aromatic nitrogens is 2. The summed E-state index contributed by atoms with van der Waals surface area (Å²) < 4.78 is 2.00. The van der Waals surface area contributed by atoms with Crippen molar-refractivity contribution in [3.05, 3.63) is 29.6 Å². The molecule has 0 fully saturated rings. The molecule has 0 radical (unpaired) electrons. The van der Waals surface area contributed by atoms with Gasteiger partial charge in [0.05, 0.1) is 16.6 Å². The second kappa shape index (κ2) is 6.52. The van der Waals surface area contributed by atoms with Crippen molar-refractivity contribution in [3.8, 4) is 0 Å². The molecule has 2 aromatic rings. The van der Waals surface area contributed by atoms with Crippen LogP contribution in [-0.2, 0) is 13.0 Å². The summed E-state index contributed by atoms with van der Waals surface area (Å²) >= 11 is 0. The lowest BCUT2D eigenvalue weighted by molar-refractivity contribution is 0.0698. The minimum Gasteiger partial charge on any atom is -0.478 e. The molecule has 0 bridgehead atoms. The Bertz CT molecular complexity index is 604. The molecule has 0 aliphatic carbocycles. The number of aliphatic hydroxyl groups is 1. The molecule has 0 spiro atoms. The van der Waals surface area contributed by atoms with E-state index in [-0.39, 0.29) is 6.61 Å². The van der Waals surface area contributed by atoms with Gasteiger partial charge in [0.15, 0.2) is 0 Å². The van der Waals surface area contributed by atoms with Crippen LogP contribution in [0.1, 0.15) is 42.4 Å². The summed E-state index contributed by atoms with van der Waals surface area (Å²) in [5, 5.41) is 18.2. The van der Waals surface area contributed by atoms with E-state index < -0.39 is 5.97 Å². The molecule has 108 valence electrons. The van der Waals surface area contributed by atoms with Crippen LogP contribution in [0.4, 0.5) is 0 Å². The highest BCUT2D eigenvalue weighted by Crippen LogP contribution is 2.22. The fourth-order valence-electron chi connectivity index (χ4n) is 2.44. The van der Waals surface area contributed by atoms with Crippen molar-refractivity contribution in [2.75, 3.05) is 6.61 Å². The van der Waals surface area contributed by atoms with Gasteiger partial charge in [-0.25, -0.2) is 9.78 Å². The summed E-state index contributed by atoms with van der Waals surface area (Å²) in [6.07, 6.45) is 3.31. The van der Waals surface area contributed by atoms with Crippen LogP contribution in [0.25, 0.3) is 11.0 Å². The molecule has 5 nitrogen and oxygen atoms in total. The number of imidazole rings is 1.